The van der Waals surface area contributed by atoms with E-state index in [2.05, 4.69) is 34.2 Å². The molecule has 0 aliphatic heterocycles. The van der Waals surface area contributed by atoms with Crippen molar-refractivity contribution in [2.45, 2.75) is 33.2 Å². The van der Waals surface area contributed by atoms with Gasteiger partial charge in [-0.15, -0.1) is 0 Å². The highest BCUT2D eigenvalue weighted by Gasteiger charge is 2.11. The molecule has 0 saturated carbocycles. The molecule has 0 fully saturated rings. The highest BCUT2D eigenvalue weighted by Crippen LogP contribution is 2.36. The van der Waals surface area contributed by atoms with Gasteiger partial charge in [0.05, 0.1) is 18.2 Å². The second-order valence-electron chi connectivity index (χ2n) is 4.68. The van der Waals surface area contributed by atoms with Crippen molar-refractivity contribution in [3.8, 4) is 11.5 Å². The molecule has 0 unspecified atom stereocenters. The monoisotopic (exact) mass is 359 g/mol. The number of methoxy groups -OCH3 is 1. The van der Waals surface area contributed by atoms with Crippen molar-refractivity contribution < 1.29 is 14.2 Å². The summed E-state index contributed by atoms with van der Waals surface area (Å²) in [6.45, 7) is 8.06. The van der Waals surface area contributed by atoms with Crippen molar-refractivity contribution in [3.63, 3.8) is 0 Å². The minimum Gasteiger partial charge on any atom is -0.493 e. The van der Waals surface area contributed by atoms with Gasteiger partial charge in [0.15, 0.2) is 11.5 Å². The lowest BCUT2D eigenvalue weighted by atomic mass is 10.2. The summed E-state index contributed by atoms with van der Waals surface area (Å²) in [5, 5.41) is 3.38. The Labute approximate surface area is 136 Å². The summed E-state index contributed by atoms with van der Waals surface area (Å²) in [4.78, 5) is 0. The van der Waals surface area contributed by atoms with Crippen LogP contribution >= 0.6 is 15.9 Å². The third-order valence-corrected chi connectivity index (χ3v) is 3.52. The smallest absolute Gasteiger partial charge is 0.175 e. The summed E-state index contributed by atoms with van der Waals surface area (Å²) in [7, 11) is 1.66. The third kappa shape index (κ3) is 6.68. The maximum atomic E-state index is 5.81. The van der Waals surface area contributed by atoms with Gasteiger partial charge in [0.25, 0.3) is 0 Å². The first-order valence-corrected chi connectivity index (χ1v) is 8.29. The highest BCUT2D eigenvalue weighted by molar-refractivity contribution is 9.10. The van der Waals surface area contributed by atoms with Gasteiger partial charge in [-0.2, -0.15) is 0 Å². The largest absolute Gasteiger partial charge is 0.493 e. The van der Waals surface area contributed by atoms with E-state index in [9.17, 15) is 0 Å². The van der Waals surface area contributed by atoms with Crippen molar-refractivity contribution in [2.75, 3.05) is 33.5 Å². The Kier molecular flexibility index (Phi) is 9.46. The molecule has 0 aliphatic carbocycles. The Balaban J connectivity index is 2.61. The van der Waals surface area contributed by atoms with E-state index >= 15 is 0 Å². The molecule has 120 valence electrons. The normalized spacial score (nSPS) is 10.7. The zero-order chi connectivity index (χ0) is 15.5. The Hall–Kier alpha value is -0.780. The fraction of sp³-hybridized carbons (Fsp3) is 0.625. The predicted molar refractivity (Wildman–Crippen MR) is 89.3 cm³/mol. The summed E-state index contributed by atoms with van der Waals surface area (Å²) in [5.74, 6) is 1.52. The molecular weight excluding hydrogens is 334 g/mol. The van der Waals surface area contributed by atoms with Crippen LogP contribution in [0.1, 0.15) is 32.3 Å². The molecule has 0 heterocycles. The molecule has 5 heteroatoms. The zero-order valence-electron chi connectivity index (χ0n) is 13.2. The second-order valence-corrected chi connectivity index (χ2v) is 5.54. The van der Waals surface area contributed by atoms with E-state index in [1.807, 2.05) is 13.0 Å². The molecule has 0 saturated heterocycles. The molecule has 21 heavy (non-hydrogen) atoms. The standard InChI is InChI=1S/C16H26BrNO3/c1-4-7-18-12-13-10-14(17)16(15(11-13)19-3)21-9-6-8-20-5-2/h10-11,18H,4-9,12H2,1-3H3. The van der Waals surface area contributed by atoms with E-state index < -0.39 is 0 Å². The van der Waals surface area contributed by atoms with Crippen LogP contribution in [-0.4, -0.2) is 33.5 Å². The minimum atomic E-state index is 0.613. The molecule has 1 aromatic carbocycles. The fourth-order valence-electron chi connectivity index (χ4n) is 1.90. The van der Waals surface area contributed by atoms with E-state index in [0.29, 0.717) is 6.61 Å². The number of hydrogen-bond donors (Lipinski definition) is 1. The number of benzene rings is 1. The molecule has 0 aromatic heterocycles. The average molecular weight is 360 g/mol. The van der Waals surface area contributed by atoms with Crippen molar-refractivity contribution in [1.29, 1.82) is 0 Å². The fourth-order valence-corrected chi connectivity index (χ4v) is 2.51. The van der Waals surface area contributed by atoms with E-state index in [1.54, 1.807) is 7.11 Å². The zero-order valence-corrected chi connectivity index (χ0v) is 14.8. The van der Waals surface area contributed by atoms with Gasteiger partial charge < -0.3 is 19.5 Å². The lowest BCUT2D eigenvalue weighted by Gasteiger charge is -2.14. The van der Waals surface area contributed by atoms with Gasteiger partial charge in [0, 0.05) is 26.2 Å². The van der Waals surface area contributed by atoms with Crippen LogP contribution in [0.3, 0.4) is 0 Å². The number of hydrogen-bond acceptors (Lipinski definition) is 4. The Morgan fingerprint density at radius 3 is 2.67 bits per heavy atom. The first kappa shape index (κ1) is 18.3. The Morgan fingerprint density at radius 1 is 1.19 bits per heavy atom. The van der Waals surface area contributed by atoms with Crippen LogP contribution in [0.15, 0.2) is 16.6 Å². The average Bonchev–Trinajstić information content (AvgIpc) is 2.48. The number of ether oxygens (including phenoxy) is 3. The van der Waals surface area contributed by atoms with E-state index in [4.69, 9.17) is 14.2 Å². The van der Waals surface area contributed by atoms with Gasteiger partial charge in [-0.3, -0.25) is 0 Å². The first-order valence-electron chi connectivity index (χ1n) is 7.50. The summed E-state index contributed by atoms with van der Waals surface area (Å²) in [5.41, 5.74) is 1.17. The number of nitrogens with one attached hydrogen (secondary N) is 1. The van der Waals surface area contributed by atoms with Crippen LogP contribution in [0.4, 0.5) is 0 Å². The SMILES string of the molecule is CCCNCc1cc(Br)c(OCCCOCC)c(OC)c1. The van der Waals surface area contributed by atoms with Crippen LogP contribution in [0.2, 0.25) is 0 Å². The molecule has 0 amide bonds. The minimum absolute atomic E-state index is 0.613. The maximum absolute atomic E-state index is 5.81. The molecule has 1 N–H and O–H groups in total. The predicted octanol–water partition coefficient (Wildman–Crippen LogP) is 3.76. The van der Waals surface area contributed by atoms with E-state index in [0.717, 1.165) is 55.1 Å². The first-order chi connectivity index (χ1) is 10.2. The molecular formula is C16H26BrNO3. The van der Waals surface area contributed by atoms with Crippen LogP contribution in [0.25, 0.3) is 0 Å². The Bertz CT molecular complexity index is 413. The quantitative estimate of drug-likeness (QED) is 0.610. The summed E-state index contributed by atoms with van der Waals surface area (Å²) in [6, 6.07) is 4.09. The van der Waals surface area contributed by atoms with E-state index in [1.165, 1.54) is 5.56 Å². The molecule has 0 radical (unpaired) electrons. The van der Waals surface area contributed by atoms with Crippen LogP contribution in [-0.2, 0) is 11.3 Å². The summed E-state index contributed by atoms with van der Waals surface area (Å²) >= 11 is 3.57. The van der Waals surface area contributed by atoms with Crippen molar-refractivity contribution in [2.24, 2.45) is 0 Å². The second kappa shape index (κ2) is 10.9. The molecule has 0 spiro atoms. The molecule has 0 aliphatic rings. The Morgan fingerprint density at radius 2 is 2.00 bits per heavy atom. The molecule has 4 nitrogen and oxygen atoms in total. The topological polar surface area (TPSA) is 39.7 Å². The molecule has 0 bridgehead atoms. The number of halogens is 1. The van der Waals surface area contributed by atoms with Crippen LogP contribution in [0.5, 0.6) is 11.5 Å². The van der Waals surface area contributed by atoms with Crippen molar-refractivity contribution in [1.82, 2.24) is 5.32 Å². The van der Waals surface area contributed by atoms with Crippen molar-refractivity contribution in [3.05, 3.63) is 22.2 Å². The molecule has 1 aromatic rings. The molecule has 0 atom stereocenters. The molecule has 1 rings (SSSR count). The van der Waals surface area contributed by atoms with E-state index in [-0.39, 0.29) is 0 Å². The van der Waals surface area contributed by atoms with Gasteiger partial charge in [-0.25, -0.2) is 0 Å². The maximum Gasteiger partial charge on any atom is 0.175 e. The lowest BCUT2D eigenvalue weighted by molar-refractivity contribution is 0.130. The van der Waals surface area contributed by atoms with Gasteiger partial charge in [0.2, 0.25) is 0 Å². The van der Waals surface area contributed by atoms with Gasteiger partial charge >= 0.3 is 0 Å². The lowest BCUT2D eigenvalue weighted by Crippen LogP contribution is -2.14. The van der Waals surface area contributed by atoms with Gasteiger partial charge in [0.1, 0.15) is 0 Å². The van der Waals surface area contributed by atoms with Crippen molar-refractivity contribution >= 4 is 15.9 Å². The van der Waals surface area contributed by atoms with Gasteiger partial charge in [-0.1, -0.05) is 6.92 Å². The summed E-state index contributed by atoms with van der Waals surface area (Å²) < 4.78 is 17.5. The van der Waals surface area contributed by atoms with Crippen LogP contribution in [0, 0.1) is 0 Å². The third-order valence-electron chi connectivity index (χ3n) is 2.93. The summed E-state index contributed by atoms with van der Waals surface area (Å²) in [6.07, 6.45) is 1.99. The van der Waals surface area contributed by atoms with Crippen LogP contribution < -0.4 is 14.8 Å². The number of rotatable bonds is 11. The highest BCUT2D eigenvalue weighted by atomic mass is 79.9. The van der Waals surface area contributed by atoms with Gasteiger partial charge in [-0.05, 0) is 53.5 Å².